The lowest BCUT2D eigenvalue weighted by Crippen LogP contribution is -2.21. The van der Waals surface area contributed by atoms with E-state index in [1.807, 2.05) is 12.1 Å². The summed E-state index contributed by atoms with van der Waals surface area (Å²) in [4.78, 5) is 0. The molecule has 1 aliphatic rings. The maximum absolute atomic E-state index is 14.6. The molecular weight excluding hydrogens is 373 g/mol. The van der Waals surface area contributed by atoms with Crippen LogP contribution in [0.2, 0.25) is 5.02 Å². The van der Waals surface area contributed by atoms with Crippen molar-refractivity contribution in [2.45, 2.75) is 6.04 Å². The first-order chi connectivity index (χ1) is 13.1. The van der Waals surface area contributed by atoms with Crippen LogP contribution in [0.25, 0.3) is 5.70 Å². The number of benzene rings is 2. The Kier molecular flexibility index (Phi) is 4.41. The maximum Gasteiger partial charge on any atom is 0.248 e. The Morgan fingerprint density at radius 2 is 2.04 bits per heavy atom. The van der Waals surface area contributed by atoms with Gasteiger partial charge >= 0.3 is 0 Å². The molecule has 1 N–H and O–H groups in total. The van der Waals surface area contributed by atoms with Crippen molar-refractivity contribution in [1.82, 2.24) is 20.2 Å². The van der Waals surface area contributed by atoms with Crippen LogP contribution in [0.15, 0.2) is 42.5 Å². The van der Waals surface area contributed by atoms with Gasteiger partial charge in [-0.3, -0.25) is 0 Å². The van der Waals surface area contributed by atoms with Crippen molar-refractivity contribution in [1.29, 1.82) is 0 Å². The number of allylic oxidation sites excluding steroid dienone is 1. The second-order valence-corrected chi connectivity index (χ2v) is 6.21. The Hall–Kier alpha value is -3.13. The predicted octanol–water partition coefficient (Wildman–Crippen LogP) is 3.54. The van der Waals surface area contributed by atoms with Crippen molar-refractivity contribution in [2.75, 3.05) is 19.5 Å². The first-order valence-corrected chi connectivity index (χ1v) is 8.43. The van der Waals surface area contributed by atoms with Crippen molar-refractivity contribution in [3.63, 3.8) is 0 Å². The van der Waals surface area contributed by atoms with Gasteiger partial charge in [0.1, 0.15) is 23.4 Å². The van der Waals surface area contributed by atoms with Gasteiger partial charge in [-0.05, 0) is 40.8 Å². The normalized spacial score (nSPS) is 15.6. The van der Waals surface area contributed by atoms with Gasteiger partial charge < -0.3 is 14.8 Å². The summed E-state index contributed by atoms with van der Waals surface area (Å²) in [5.74, 6) is 1.18. The van der Waals surface area contributed by atoms with Gasteiger partial charge in [-0.25, -0.2) is 4.39 Å². The molecule has 138 valence electrons. The molecule has 0 aliphatic carbocycles. The molecule has 0 bridgehead atoms. The van der Waals surface area contributed by atoms with Gasteiger partial charge in [-0.15, -0.1) is 0 Å². The molecule has 4 rings (SSSR count). The summed E-state index contributed by atoms with van der Waals surface area (Å²) in [5, 5.41) is 15.1. The van der Waals surface area contributed by atoms with Crippen LogP contribution in [0.5, 0.6) is 11.5 Å². The Labute approximate surface area is 159 Å². The highest BCUT2D eigenvalue weighted by atomic mass is 35.5. The lowest BCUT2D eigenvalue weighted by Gasteiger charge is -2.25. The molecule has 27 heavy (non-hydrogen) atoms. The standard InChI is InChI=1S/C18H15ClFN5O2/c1-26-10-6-7-11(16(8-10)27-2)14-9-15(25-18(21-14)22-23-24-25)17-12(19)4-3-5-13(17)20/h3-9,15H,1-2H3,(H,21,22,24). The molecule has 1 aliphatic heterocycles. The summed E-state index contributed by atoms with van der Waals surface area (Å²) < 4.78 is 26.7. The minimum absolute atomic E-state index is 0.291. The van der Waals surface area contributed by atoms with Gasteiger partial charge in [0.25, 0.3) is 0 Å². The van der Waals surface area contributed by atoms with E-state index in [1.54, 1.807) is 38.5 Å². The van der Waals surface area contributed by atoms with Gasteiger partial charge in [0.05, 0.1) is 19.9 Å². The number of anilines is 1. The van der Waals surface area contributed by atoms with Crippen molar-refractivity contribution >= 4 is 23.2 Å². The highest BCUT2D eigenvalue weighted by Crippen LogP contribution is 2.38. The molecule has 7 nitrogen and oxygen atoms in total. The number of aromatic nitrogens is 4. The second kappa shape index (κ2) is 6.88. The van der Waals surface area contributed by atoms with E-state index < -0.39 is 11.9 Å². The number of rotatable bonds is 4. The third-order valence-electron chi connectivity index (χ3n) is 4.32. The molecule has 9 heteroatoms. The predicted molar refractivity (Wildman–Crippen MR) is 98.5 cm³/mol. The Balaban J connectivity index is 1.87. The van der Waals surface area contributed by atoms with Crippen LogP contribution in [0.4, 0.5) is 10.3 Å². The summed E-state index contributed by atoms with van der Waals surface area (Å²) in [5.41, 5.74) is 1.71. The first kappa shape index (κ1) is 17.3. The van der Waals surface area contributed by atoms with E-state index in [2.05, 4.69) is 20.8 Å². The Morgan fingerprint density at radius 3 is 2.78 bits per heavy atom. The number of hydrogen-bond acceptors (Lipinski definition) is 6. The van der Waals surface area contributed by atoms with Gasteiger partial charge in [0.2, 0.25) is 5.95 Å². The molecule has 3 aromatic rings. The second-order valence-electron chi connectivity index (χ2n) is 5.80. The zero-order valence-corrected chi connectivity index (χ0v) is 15.2. The van der Waals surface area contributed by atoms with Crippen LogP contribution >= 0.6 is 11.6 Å². The van der Waals surface area contributed by atoms with E-state index in [1.165, 1.54) is 10.7 Å². The van der Waals surface area contributed by atoms with Crippen LogP contribution in [0.1, 0.15) is 17.2 Å². The summed E-state index contributed by atoms with van der Waals surface area (Å²) in [6.45, 7) is 0. The number of ether oxygens (including phenoxy) is 2. The summed E-state index contributed by atoms with van der Waals surface area (Å²) in [6.07, 6.45) is 1.80. The molecule has 0 fully saturated rings. The van der Waals surface area contributed by atoms with Crippen molar-refractivity contribution in [2.24, 2.45) is 0 Å². The fraction of sp³-hybridized carbons (Fsp3) is 0.167. The monoisotopic (exact) mass is 387 g/mol. The Morgan fingerprint density at radius 1 is 1.19 bits per heavy atom. The summed E-state index contributed by atoms with van der Waals surface area (Å²) >= 11 is 6.28. The lowest BCUT2D eigenvalue weighted by molar-refractivity contribution is 0.393. The van der Waals surface area contributed by atoms with Crippen molar-refractivity contribution < 1.29 is 13.9 Å². The molecule has 2 heterocycles. The third-order valence-corrected chi connectivity index (χ3v) is 4.65. The lowest BCUT2D eigenvalue weighted by atomic mass is 10.0. The molecule has 1 atom stereocenters. The van der Waals surface area contributed by atoms with Gasteiger partial charge in [0, 0.05) is 22.2 Å². The molecule has 2 aromatic carbocycles. The van der Waals surface area contributed by atoms with E-state index in [9.17, 15) is 4.39 Å². The minimum atomic E-state index is -0.619. The molecule has 0 radical (unpaired) electrons. The molecule has 0 saturated heterocycles. The average molecular weight is 388 g/mol. The van der Waals surface area contributed by atoms with Crippen LogP contribution in [-0.2, 0) is 0 Å². The fourth-order valence-electron chi connectivity index (χ4n) is 3.03. The quantitative estimate of drug-likeness (QED) is 0.738. The molecule has 0 amide bonds. The number of nitrogens with zero attached hydrogens (tertiary/aromatic N) is 4. The van der Waals surface area contributed by atoms with E-state index >= 15 is 0 Å². The van der Waals surface area contributed by atoms with Crippen LogP contribution in [-0.4, -0.2) is 34.4 Å². The first-order valence-electron chi connectivity index (χ1n) is 8.05. The van der Waals surface area contributed by atoms with Crippen molar-refractivity contribution in [3.05, 3.63) is 64.4 Å². The Bertz CT molecular complexity index is 1020. The SMILES string of the molecule is COc1ccc(C2=CC(c3c(F)cccc3Cl)n3nnnc3N2)c(OC)c1. The molecule has 0 spiro atoms. The zero-order valence-electron chi connectivity index (χ0n) is 14.5. The molecule has 0 saturated carbocycles. The summed E-state index contributed by atoms with van der Waals surface area (Å²) in [7, 11) is 3.15. The number of tetrazole rings is 1. The van der Waals surface area contributed by atoms with E-state index in [0.717, 1.165) is 5.56 Å². The number of fused-ring (bicyclic) bond motifs is 1. The van der Waals surface area contributed by atoms with Crippen LogP contribution < -0.4 is 14.8 Å². The molecule has 1 unspecified atom stereocenters. The average Bonchev–Trinajstić information content (AvgIpc) is 3.16. The third kappa shape index (κ3) is 2.97. The molecule has 1 aromatic heterocycles. The van der Waals surface area contributed by atoms with E-state index in [4.69, 9.17) is 21.1 Å². The largest absolute Gasteiger partial charge is 0.497 e. The smallest absolute Gasteiger partial charge is 0.248 e. The highest BCUT2D eigenvalue weighted by molar-refractivity contribution is 6.31. The fourth-order valence-corrected chi connectivity index (χ4v) is 3.31. The number of hydrogen-bond donors (Lipinski definition) is 1. The molecular formula is C18H15ClFN5O2. The van der Waals surface area contributed by atoms with E-state index in [-0.39, 0.29) is 0 Å². The van der Waals surface area contributed by atoms with Crippen LogP contribution in [0, 0.1) is 5.82 Å². The topological polar surface area (TPSA) is 74.1 Å². The summed E-state index contributed by atoms with van der Waals surface area (Å²) in [6, 6.07) is 9.34. The minimum Gasteiger partial charge on any atom is -0.497 e. The zero-order chi connectivity index (χ0) is 19.0. The van der Waals surface area contributed by atoms with Gasteiger partial charge in [-0.1, -0.05) is 22.8 Å². The van der Waals surface area contributed by atoms with E-state index in [0.29, 0.717) is 33.7 Å². The van der Waals surface area contributed by atoms with Gasteiger partial charge in [0.15, 0.2) is 0 Å². The number of methoxy groups -OCH3 is 2. The van der Waals surface area contributed by atoms with Crippen LogP contribution in [0.3, 0.4) is 0 Å². The number of nitrogens with one attached hydrogen (secondary N) is 1. The van der Waals surface area contributed by atoms with Gasteiger partial charge in [-0.2, -0.15) is 4.68 Å². The maximum atomic E-state index is 14.6. The highest BCUT2D eigenvalue weighted by Gasteiger charge is 2.29. The van der Waals surface area contributed by atoms with Crippen molar-refractivity contribution in [3.8, 4) is 11.5 Å². The number of halogens is 2.